The fourth-order valence-corrected chi connectivity index (χ4v) is 3.28. The summed E-state index contributed by atoms with van der Waals surface area (Å²) >= 11 is 1.09. The summed E-state index contributed by atoms with van der Waals surface area (Å²) < 4.78 is 22.2. The van der Waals surface area contributed by atoms with Gasteiger partial charge in [0.05, 0.1) is 11.2 Å². The molecule has 3 nitrogen and oxygen atoms in total. The molecule has 12 heavy (non-hydrogen) atoms. The quantitative estimate of drug-likeness (QED) is 0.720. The van der Waals surface area contributed by atoms with Gasteiger partial charge < -0.3 is 0 Å². The number of halogens is 1. The van der Waals surface area contributed by atoms with E-state index in [1.165, 1.54) is 5.51 Å². The Balaban J connectivity index is 2.49. The monoisotopic (exact) mass is 223 g/mol. The highest BCUT2D eigenvalue weighted by Gasteiger charge is 2.32. The Bertz CT molecular complexity index is 393. The molecule has 0 N–H and O–H groups in total. The van der Waals surface area contributed by atoms with Crippen LogP contribution in [0, 0.1) is 0 Å². The van der Waals surface area contributed by atoms with Crippen LogP contribution < -0.4 is 0 Å². The van der Waals surface area contributed by atoms with Gasteiger partial charge in [-0.3, -0.25) is 0 Å². The third-order valence-corrected chi connectivity index (χ3v) is 4.72. The molecule has 1 fully saturated rings. The summed E-state index contributed by atoms with van der Waals surface area (Å²) in [6.45, 7) is 0. The number of hydrogen-bond donors (Lipinski definition) is 0. The number of nitrogens with zero attached hydrogens (tertiary/aromatic N) is 1. The Morgan fingerprint density at radius 2 is 2.25 bits per heavy atom. The molecular weight excluding hydrogens is 218 g/mol. The summed E-state index contributed by atoms with van der Waals surface area (Å²) in [6, 6.07) is 0. The molecule has 2 rings (SSSR count). The van der Waals surface area contributed by atoms with Crippen LogP contribution in [-0.2, 0) is 9.05 Å². The molecule has 0 radical (unpaired) electrons. The lowest BCUT2D eigenvalue weighted by molar-refractivity contribution is 0.610. The molecule has 0 bridgehead atoms. The Morgan fingerprint density at radius 1 is 1.58 bits per heavy atom. The first-order chi connectivity index (χ1) is 5.59. The first kappa shape index (κ1) is 8.47. The molecule has 0 aliphatic heterocycles. The number of hydrogen-bond acceptors (Lipinski definition) is 4. The van der Waals surface area contributed by atoms with Gasteiger partial charge in [-0.15, -0.1) is 11.3 Å². The van der Waals surface area contributed by atoms with Crippen molar-refractivity contribution >= 4 is 31.1 Å². The summed E-state index contributed by atoms with van der Waals surface area (Å²) in [5, 5.41) is 0. The zero-order valence-electron chi connectivity index (χ0n) is 6.03. The van der Waals surface area contributed by atoms with E-state index in [9.17, 15) is 8.42 Å². The molecule has 0 aromatic carbocycles. The maximum atomic E-state index is 11.0. The number of thiazole rings is 1. The summed E-state index contributed by atoms with van der Waals surface area (Å²) in [4.78, 5) is 4.00. The van der Waals surface area contributed by atoms with E-state index in [0.717, 1.165) is 24.2 Å². The SMILES string of the molecule is O=S(=O)(Cl)c1scnc1C1CC1. The van der Waals surface area contributed by atoms with Crippen LogP contribution in [0.15, 0.2) is 9.72 Å². The van der Waals surface area contributed by atoms with Gasteiger partial charge in [-0.05, 0) is 12.8 Å². The summed E-state index contributed by atoms with van der Waals surface area (Å²) in [7, 11) is 1.65. The summed E-state index contributed by atoms with van der Waals surface area (Å²) in [5.74, 6) is 0.333. The van der Waals surface area contributed by atoms with E-state index < -0.39 is 9.05 Å². The molecule has 1 heterocycles. The van der Waals surface area contributed by atoms with Crippen molar-refractivity contribution in [2.75, 3.05) is 0 Å². The lowest BCUT2D eigenvalue weighted by atomic mass is 10.3. The lowest BCUT2D eigenvalue weighted by Crippen LogP contribution is -1.92. The first-order valence-electron chi connectivity index (χ1n) is 3.47. The van der Waals surface area contributed by atoms with Gasteiger partial charge in [0.15, 0.2) is 4.21 Å². The minimum atomic E-state index is -3.57. The standard InChI is InChI=1S/C6H6ClNO2S2/c7-12(9,10)6-5(4-1-2-4)8-3-11-6/h3-4H,1-2H2. The average Bonchev–Trinajstić information content (AvgIpc) is 2.65. The highest BCUT2D eigenvalue weighted by atomic mass is 35.7. The fourth-order valence-electron chi connectivity index (χ4n) is 1.06. The van der Waals surface area contributed by atoms with Crippen molar-refractivity contribution in [2.45, 2.75) is 23.0 Å². The molecule has 1 aromatic rings. The zero-order valence-corrected chi connectivity index (χ0v) is 8.42. The van der Waals surface area contributed by atoms with Gasteiger partial charge in [0.25, 0.3) is 9.05 Å². The van der Waals surface area contributed by atoms with E-state index in [-0.39, 0.29) is 4.21 Å². The smallest absolute Gasteiger partial charge is 0.248 e. The molecule has 0 unspecified atom stereocenters. The molecule has 0 spiro atoms. The third-order valence-electron chi connectivity index (χ3n) is 1.75. The van der Waals surface area contributed by atoms with Gasteiger partial charge in [0.1, 0.15) is 0 Å². The molecule has 0 saturated heterocycles. The largest absolute Gasteiger partial charge is 0.272 e. The molecule has 1 aliphatic carbocycles. The van der Waals surface area contributed by atoms with Gasteiger partial charge in [0.2, 0.25) is 0 Å². The van der Waals surface area contributed by atoms with Crippen LogP contribution >= 0.6 is 22.0 Å². The third kappa shape index (κ3) is 1.48. The van der Waals surface area contributed by atoms with Crippen LogP contribution in [-0.4, -0.2) is 13.4 Å². The molecule has 1 aromatic heterocycles. The first-order valence-corrected chi connectivity index (χ1v) is 6.66. The fraction of sp³-hybridized carbons (Fsp3) is 0.500. The second kappa shape index (κ2) is 2.68. The Hall–Kier alpha value is -0.130. The minimum absolute atomic E-state index is 0.228. The van der Waals surface area contributed by atoms with E-state index in [1.54, 1.807) is 0 Å². The normalized spacial score (nSPS) is 18.1. The maximum Gasteiger partial charge on any atom is 0.272 e. The highest BCUT2D eigenvalue weighted by Crippen LogP contribution is 2.43. The van der Waals surface area contributed by atoms with Gasteiger partial charge in [0, 0.05) is 16.6 Å². The van der Waals surface area contributed by atoms with E-state index in [2.05, 4.69) is 4.98 Å². The van der Waals surface area contributed by atoms with Crippen molar-refractivity contribution in [3.05, 3.63) is 11.2 Å². The van der Waals surface area contributed by atoms with Crippen LogP contribution in [0.5, 0.6) is 0 Å². The maximum absolute atomic E-state index is 11.0. The van der Waals surface area contributed by atoms with Crippen molar-refractivity contribution in [2.24, 2.45) is 0 Å². The van der Waals surface area contributed by atoms with Crippen molar-refractivity contribution in [1.82, 2.24) is 4.98 Å². The highest BCUT2D eigenvalue weighted by molar-refractivity contribution is 8.15. The van der Waals surface area contributed by atoms with Crippen LogP contribution in [0.4, 0.5) is 0 Å². The van der Waals surface area contributed by atoms with Crippen molar-refractivity contribution in [3.63, 3.8) is 0 Å². The van der Waals surface area contributed by atoms with Crippen molar-refractivity contribution < 1.29 is 8.42 Å². The van der Waals surface area contributed by atoms with E-state index in [4.69, 9.17) is 10.7 Å². The predicted octanol–water partition coefficient (Wildman–Crippen LogP) is 1.95. The molecule has 0 atom stereocenters. The molecule has 6 heteroatoms. The molecule has 66 valence electrons. The van der Waals surface area contributed by atoms with E-state index >= 15 is 0 Å². The second-order valence-electron chi connectivity index (χ2n) is 2.74. The molecule has 1 aliphatic rings. The second-order valence-corrected chi connectivity index (χ2v) is 6.35. The van der Waals surface area contributed by atoms with E-state index in [0.29, 0.717) is 11.6 Å². The Kier molecular flexibility index (Phi) is 1.89. The van der Waals surface area contributed by atoms with Crippen molar-refractivity contribution in [1.29, 1.82) is 0 Å². The van der Waals surface area contributed by atoms with Crippen molar-refractivity contribution in [3.8, 4) is 0 Å². The minimum Gasteiger partial charge on any atom is -0.248 e. The van der Waals surface area contributed by atoms with Crippen LogP contribution in [0.2, 0.25) is 0 Å². The van der Waals surface area contributed by atoms with E-state index in [1.807, 2.05) is 0 Å². The topological polar surface area (TPSA) is 47.0 Å². The van der Waals surface area contributed by atoms with Crippen LogP contribution in [0.3, 0.4) is 0 Å². The number of rotatable bonds is 2. The predicted molar refractivity (Wildman–Crippen MR) is 47.1 cm³/mol. The Morgan fingerprint density at radius 3 is 2.75 bits per heavy atom. The van der Waals surface area contributed by atoms with Gasteiger partial charge in [-0.2, -0.15) is 0 Å². The van der Waals surface area contributed by atoms with Gasteiger partial charge in [-0.1, -0.05) is 0 Å². The summed E-state index contributed by atoms with van der Waals surface area (Å²) in [6.07, 6.45) is 2.06. The zero-order chi connectivity index (χ0) is 8.77. The number of aromatic nitrogens is 1. The Labute approximate surface area is 78.8 Å². The average molecular weight is 224 g/mol. The lowest BCUT2D eigenvalue weighted by Gasteiger charge is -1.93. The molecule has 0 amide bonds. The van der Waals surface area contributed by atoms with Gasteiger partial charge in [-0.25, -0.2) is 13.4 Å². The molecular formula is C6H6ClNO2S2. The summed E-state index contributed by atoms with van der Waals surface area (Å²) in [5.41, 5.74) is 2.19. The van der Waals surface area contributed by atoms with Crippen LogP contribution in [0.1, 0.15) is 24.5 Å². The van der Waals surface area contributed by atoms with Gasteiger partial charge >= 0.3 is 0 Å². The van der Waals surface area contributed by atoms with Crippen LogP contribution in [0.25, 0.3) is 0 Å². The molecule has 1 saturated carbocycles.